The summed E-state index contributed by atoms with van der Waals surface area (Å²) in [7, 11) is 0. The Kier molecular flexibility index (Phi) is 4.34. The average molecular weight is 312 g/mol. The quantitative estimate of drug-likeness (QED) is 0.820. The van der Waals surface area contributed by atoms with Crippen molar-refractivity contribution < 1.29 is 0 Å². The van der Waals surface area contributed by atoms with Gasteiger partial charge in [-0.2, -0.15) is 0 Å². The number of aromatic nitrogens is 1. The molecule has 6 heteroatoms. The van der Waals surface area contributed by atoms with E-state index in [-0.39, 0.29) is 0 Å². The van der Waals surface area contributed by atoms with Crippen molar-refractivity contribution in [1.29, 1.82) is 5.41 Å². The van der Waals surface area contributed by atoms with Gasteiger partial charge in [0.1, 0.15) is 10.7 Å². The molecule has 0 aliphatic rings. The van der Waals surface area contributed by atoms with Crippen LogP contribution in [0.4, 0.5) is 5.69 Å². The molecule has 0 atom stereocenters. The molecule has 0 radical (unpaired) electrons. The Labute approximate surface area is 125 Å². The van der Waals surface area contributed by atoms with Gasteiger partial charge < -0.3 is 11.1 Å². The highest BCUT2D eigenvalue weighted by molar-refractivity contribution is 7.99. The van der Waals surface area contributed by atoms with E-state index < -0.39 is 0 Å². The normalized spacial score (nSPS) is 10.5. The second-order valence-corrected chi connectivity index (χ2v) is 5.89. The van der Waals surface area contributed by atoms with Gasteiger partial charge in [0.2, 0.25) is 0 Å². The van der Waals surface area contributed by atoms with Crippen molar-refractivity contribution in [2.75, 3.05) is 5.73 Å². The number of nitrogen functional groups attached to an aromatic ring is 1. The van der Waals surface area contributed by atoms with Crippen molar-refractivity contribution in [3.63, 3.8) is 0 Å². The molecule has 0 bridgehead atoms. The zero-order valence-corrected chi connectivity index (χ0v) is 12.4. The molecule has 19 heavy (non-hydrogen) atoms. The summed E-state index contributed by atoms with van der Waals surface area (Å²) in [5.41, 5.74) is 7.11. The molecule has 0 amide bonds. The van der Waals surface area contributed by atoms with Crippen LogP contribution in [0.15, 0.2) is 40.3 Å². The lowest BCUT2D eigenvalue weighted by atomic mass is 10.2. The van der Waals surface area contributed by atoms with E-state index in [0.717, 1.165) is 9.92 Å². The van der Waals surface area contributed by atoms with Crippen LogP contribution in [-0.2, 0) is 0 Å². The smallest absolute Gasteiger partial charge is 0.108 e. The molecular formula is C13H11Cl2N3S. The number of anilines is 1. The summed E-state index contributed by atoms with van der Waals surface area (Å²) in [6.45, 7) is 1.66. The SMILES string of the molecule is CC(=N)c1nc(Sc2cc(Cl)cc(Cl)c2)ccc1N. The Hall–Kier alpha value is -1.23. The number of rotatable bonds is 3. The third-order valence-electron chi connectivity index (χ3n) is 2.31. The third-order valence-corrected chi connectivity index (χ3v) is 3.66. The van der Waals surface area contributed by atoms with Gasteiger partial charge in [-0.1, -0.05) is 35.0 Å². The highest BCUT2D eigenvalue weighted by atomic mass is 35.5. The molecular weight excluding hydrogens is 301 g/mol. The van der Waals surface area contributed by atoms with Crippen LogP contribution in [0.3, 0.4) is 0 Å². The van der Waals surface area contributed by atoms with Crippen molar-refractivity contribution >= 4 is 46.4 Å². The van der Waals surface area contributed by atoms with Gasteiger partial charge in [0.25, 0.3) is 0 Å². The van der Waals surface area contributed by atoms with E-state index in [4.69, 9.17) is 34.3 Å². The van der Waals surface area contributed by atoms with Gasteiger partial charge in [-0.25, -0.2) is 4.98 Å². The molecule has 0 saturated carbocycles. The predicted molar refractivity (Wildman–Crippen MR) is 81.7 cm³/mol. The van der Waals surface area contributed by atoms with Crippen molar-refractivity contribution in [3.8, 4) is 0 Å². The van der Waals surface area contributed by atoms with Crippen LogP contribution in [0.25, 0.3) is 0 Å². The molecule has 2 aromatic rings. The largest absolute Gasteiger partial charge is 0.397 e. The van der Waals surface area contributed by atoms with Crippen LogP contribution >= 0.6 is 35.0 Å². The van der Waals surface area contributed by atoms with E-state index >= 15 is 0 Å². The number of benzene rings is 1. The van der Waals surface area contributed by atoms with E-state index in [1.54, 1.807) is 25.1 Å². The molecule has 0 unspecified atom stereocenters. The summed E-state index contributed by atoms with van der Waals surface area (Å²) in [6, 6.07) is 8.85. The van der Waals surface area contributed by atoms with Crippen LogP contribution < -0.4 is 5.73 Å². The minimum atomic E-state index is 0.337. The third kappa shape index (κ3) is 3.62. The number of hydrogen-bond donors (Lipinski definition) is 2. The Morgan fingerprint density at radius 3 is 2.42 bits per heavy atom. The molecule has 98 valence electrons. The lowest BCUT2D eigenvalue weighted by Gasteiger charge is -2.07. The van der Waals surface area contributed by atoms with Crippen LogP contribution in [0.2, 0.25) is 10.0 Å². The Bertz CT molecular complexity index is 624. The minimum absolute atomic E-state index is 0.337. The fraction of sp³-hybridized carbons (Fsp3) is 0.0769. The Morgan fingerprint density at radius 2 is 1.84 bits per heavy atom. The molecule has 1 aromatic heterocycles. The van der Waals surface area contributed by atoms with E-state index in [1.807, 2.05) is 12.1 Å². The molecule has 0 spiro atoms. The lowest BCUT2D eigenvalue weighted by molar-refractivity contribution is 1.11. The first kappa shape index (κ1) is 14.2. The highest BCUT2D eigenvalue weighted by Gasteiger charge is 2.07. The van der Waals surface area contributed by atoms with E-state index in [0.29, 0.717) is 27.1 Å². The molecule has 1 aromatic carbocycles. The second kappa shape index (κ2) is 5.82. The summed E-state index contributed by atoms with van der Waals surface area (Å²) in [4.78, 5) is 5.25. The maximum Gasteiger partial charge on any atom is 0.108 e. The monoisotopic (exact) mass is 311 g/mol. The van der Waals surface area contributed by atoms with Crippen LogP contribution in [0, 0.1) is 5.41 Å². The fourth-order valence-electron chi connectivity index (χ4n) is 1.52. The molecule has 0 aliphatic heterocycles. The first-order valence-corrected chi connectivity index (χ1v) is 6.99. The Balaban J connectivity index is 2.33. The molecule has 2 rings (SSSR count). The van der Waals surface area contributed by atoms with Gasteiger partial charge in [0, 0.05) is 14.9 Å². The van der Waals surface area contributed by atoms with Gasteiger partial charge in [-0.15, -0.1) is 0 Å². The number of nitrogens with zero attached hydrogens (tertiary/aromatic N) is 1. The number of halogens is 2. The summed E-state index contributed by atoms with van der Waals surface area (Å²) in [6.07, 6.45) is 0. The summed E-state index contributed by atoms with van der Waals surface area (Å²) < 4.78 is 0. The van der Waals surface area contributed by atoms with Gasteiger partial charge in [-0.05, 0) is 37.3 Å². The number of hydrogen-bond acceptors (Lipinski definition) is 4. The number of nitrogens with one attached hydrogen (secondary N) is 1. The van der Waals surface area contributed by atoms with Gasteiger partial charge >= 0.3 is 0 Å². The standard InChI is InChI=1S/C13H11Cl2N3S/c1-7(16)13-11(17)2-3-12(18-13)19-10-5-8(14)4-9(15)6-10/h2-6,16H,17H2,1H3. The molecule has 0 fully saturated rings. The van der Waals surface area contributed by atoms with Gasteiger partial charge in [0.15, 0.2) is 0 Å². The van der Waals surface area contributed by atoms with Gasteiger partial charge in [-0.3, -0.25) is 0 Å². The summed E-state index contributed by atoms with van der Waals surface area (Å²) in [5, 5.41) is 9.53. The zero-order chi connectivity index (χ0) is 14.0. The molecule has 3 nitrogen and oxygen atoms in total. The molecule has 0 aliphatic carbocycles. The van der Waals surface area contributed by atoms with Crippen molar-refractivity contribution in [1.82, 2.24) is 4.98 Å². The molecule has 1 heterocycles. The number of nitrogens with two attached hydrogens (primary N) is 1. The van der Waals surface area contributed by atoms with Gasteiger partial charge in [0.05, 0.1) is 11.4 Å². The van der Waals surface area contributed by atoms with Crippen molar-refractivity contribution in [2.24, 2.45) is 0 Å². The maximum absolute atomic E-state index is 7.63. The first-order chi connectivity index (χ1) is 8.95. The van der Waals surface area contributed by atoms with Crippen LogP contribution in [0.1, 0.15) is 12.6 Å². The first-order valence-electron chi connectivity index (χ1n) is 5.41. The van der Waals surface area contributed by atoms with Crippen LogP contribution in [-0.4, -0.2) is 10.7 Å². The fourth-order valence-corrected chi connectivity index (χ4v) is 3.06. The average Bonchev–Trinajstić information content (AvgIpc) is 2.30. The molecule has 3 N–H and O–H groups in total. The minimum Gasteiger partial charge on any atom is -0.397 e. The summed E-state index contributed by atoms with van der Waals surface area (Å²) in [5.74, 6) is 0. The number of pyridine rings is 1. The van der Waals surface area contributed by atoms with Crippen molar-refractivity contribution in [2.45, 2.75) is 16.8 Å². The molecule has 0 saturated heterocycles. The predicted octanol–water partition coefficient (Wildman–Crippen LogP) is 4.51. The highest BCUT2D eigenvalue weighted by Crippen LogP contribution is 2.31. The van der Waals surface area contributed by atoms with E-state index in [2.05, 4.69) is 4.98 Å². The second-order valence-electron chi connectivity index (χ2n) is 3.92. The van der Waals surface area contributed by atoms with E-state index in [9.17, 15) is 0 Å². The topological polar surface area (TPSA) is 62.8 Å². The van der Waals surface area contributed by atoms with E-state index in [1.165, 1.54) is 11.8 Å². The van der Waals surface area contributed by atoms with Crippen LogP contribution in [0.5, 0.6) is 0 Å². The summed E-state index contributed by atoms with van der Waals surface area (Å²) >= 11 is 13.3. The lowest BCUT2D eigenvalue weighted by Crippen LogP contribution is -2.03. The maximum atomic E-state index is 7.63. The Morgan fingerprint density at radius 1 is 1.21 bits per heavy atom. The zero-order valence-electron chi connectivity index (χ0n) is 10.1. The van der Waals surface area contributed by atoms with Crippen molar-refractivity contribution in [3.05, 3.63) is 46.1 Å².